The highest BCUT2D eigenvalue weighted by atomic mass is 16.2. The third-order valence-electron chi connectivity index (χ3n) is 3.34. The van der Waals surface area contributed by atoms with E-state index in [2.05, 4.69) is 31.2 Å². The van der Waals surface area contributed by atoms with Gasteiger partial charge in [0.1, 0.15) is 0 Å². The van der Waals surface area contributed by atoms with Gasteiger partial charge in [0.2, 0.25) is 0 Å². The van der Waals surface area contributed by atoms with E-state index in [0.717, 1.165) is 12.8 Å². The van der Waals surface area contributed by atoms with Crippen molar-refractivity contribution in [1.29, 1.82) is 0 Å². The van der Waals surface area contributed by atoms with Crippen LogP contribution in [0.25, 0.3) is 0 Å². The summed E-state index contributed by atoms with van der Waals surface area (Å²) >= 11 is 0. The third-order valence-corrected chi connectivity index (χ3v) is 3.34. The SMILES string of the molecule is CC/C=C/CCCCCCCCC/C=C/CCCO. The Morgan fingerprint density at radius 3 is 1.47 bits per heavy atom. The molecule has 0 aliphatic heterocycles. The number of unbranched alkanes of at least 4 members (excludes halogenated alkanes) is 9. The van der Waals surface area contributed by atoms with Crippen LogP contribution in [0.4, 0.5) is 0 Å². The van der Waals surface area contributed by atoms with Crippen LogP contribution in [-0.4, -0.2) is 11.7 Å². The second-order valence-electron chi connectivity index (χ2n) is 5.27. The molecule has 0 aliphatic carbocycles. The van der Waals surface area contributed by atoms with E-state index in [1.165, 1.54) is 64.2 Å². The van der Waals surface area contributed by atoms with Gasteiger partial charge in [0.25, 0.3) is 0 Å². The number of aliphatic hydroxyl groups excluding tert-OH is 1. The molecule has 0 saturated carbocycles. The first kappa shape index (κ1) is 18.4. The molecule has 0 saturated heterocycles. The molecule has 0 aromatic carbocycles. The van der Waals surface area contributed by atoms with Gasteiger partial charge < -0.3 is 5.11 Å². The van der Waals surface area contributed by atoms with Gasteiger partial charge in [-0.1, -0.05) is 63.3 Å². The second kappa shape index (κ2) is 17.4. The van der Waals surface area contributed by atoms with Gasteiger partial charge in [0, 0.05) is 6.61 Å². The minimum atomic E-state index is 0.318. The number of aliphatic hydroxyl groups is 1. The predicted octanol–water partition coefficient (Wildman–Crippen LogP) is 5.79. The second-order valence-corrected chi connectivity index (χ2v) is 5.27. The molecule has 0 spiro atoms. The van der Waals surface area contributed by atoms with Crippen molar-refractivity contribution in [3.63, 3.8) is 0 Å². The summed E-state index contributed by atoms with van der Waals surface area (Å²) in [7, 11) is 0. The molecule has 0 fully saturated rings. The highest BCUT2D eigenvalue weighted by Crippen LogP contribution is 2.10. The quantitative estimate of drug-likeness (QED) is 0.311. The minimum Gasteiger partial charge on any atom is -0.396 e. The Morgan fingerprint density at radius 2 is 1.00 bits per heavy atom. The molecule has 112 valence electrons. The fourth-order valence-corrected chi connectivity index (χ4v) is 2.14. The summed E-state index contributed by atoms with van der Waals surface area (Å²) in [5.41, 5.74) is 0. The average molecular weight is 266 g/mol. The van der Waals surface area contributed by atoms with E-state index in [-0.39, 0.29) is 0 Å². The Balaban J connectivity index is 3.02. The van der Waals surface area contributed by atoms with E-state index >= 15 is 0 Å². The van der Waals surface area contributed by atoms with Crippen molar-refractivity contribution >= 4 is 0 Å². The van der Waals surface area contributed by atoms with Crippen LogP contribution in [-0.2, 0) is 0 Å². The van der Waals surface area contributed by atoms with Gasteiger partial charge >= 0.3 is 0 Å². The molecule has 0 bridgehead atoms. The molecule has 0 aromatic heterocycles. The monoisotopic (exact) mass is 266 g/mol. The number of hydrogen-bond acceptors (Lipinski definition) is 1. The molecule has 0 unspecified atom stereocenters. The van der Waals surface area contributed by atoms with Gasteiger partial charge in [-0.2, -0.15) is 0 Å². The predicted molar refractivity (Wildman–Crippen MR) is 86.4 cm³/mol. The van der Waals surface area contributed by atoms with Crippen LogP contribution < -0.4 is 0 Å². The maximum atomic E-state index is 8.63. The van der Waals surface area contributed by atoms with Crippen LogP contribution in [0.5, 0.6) is 0 Å². The van der Waals surface area contributed by atoms with Crippen molar-refractivity contribution in [3.05, 3.63) is 24.3 Å². The molecule has 0 aromatic rings. The van der Waals surface area contributed by atoms with Gasteiger partial charge in [-0.3, -0.25) is 0 Å². The number of hydrogen-bond donors (Lipinski definition) is 1. The van der Waals surface area contributed by atoms with Gasteiger partial charge in [0.05, 0.1) is 0 Å². The smallest absolute Gasteiger partial charge is 0.0433 e. The Kier molecular flexibility index (Phi) is 16.9. The van der Waals surface area contributed by atoms with Crippen LogP contribution in [0.1, 0.15) is 84.0 Å². The molecule has 0 amide bonds. The van der Waals surface area contributed by atoms with Gasteiger partial charge in [-0.25, -0.2) is 0 Å². The molecule has 19 heavy (non-hydrogen) atoms. The molecule has 0 radical (unpaired) electrons. The lowest BCUT2D eigenvalue weighted by Crippen LogP contribution is -1.81. The standard InChI is InChI=1S/C18H34O/c1-2-3-4-5-6-7-8-9-10-11-12-13-14-15-16-17-18-19/h3-4,14-15,19H,2,5-13,16-18H2,1H3/b4-3+,15-14+. The molecule has 0 atom stereocenters. The molecular weight excluding hydrogens is 232 g/mol. The van der Waals surface area contributed by atoms with Gasteiger partial charge in [-0.05, 0) is 44.9 Å². The maximum absolute atomic E-state index is 8.63. The van der Waals surface area contributed by atoms with E-state index in [0.29, 0.717) is 6.61 Å². The molecule has 0 aliphatic rings. The van der Waals surface area contributed by atoms with Crippen LogP contribution in [0.15, 0.2) is 24.3 Å². The van der Waals surface area contributed by atoms with Crippen molar-refractivity contribution < 1.29 is 5.11 Å². The summed E-state index contributed by atoms with van der Waals surface area (Å²) in [6.45, 7) is 2.51. The first-order valence-electron chi connectivity index (χ1n) is 8.32. The zero-order valence-corrected chi connectivity index (χ0v) is 12.9. The van der Waals surface area contributed by atoms with Gasteiger partial charge in [-0.15, -0.1) is 0 Å². The van der Waals surface area contributed by atoms with E-state index in [4.69, 9.17) is 5.11 Å². The van der Waals surface area contributed by atoms with Crippen LogP contribution >= 0.6 is 0 Å². The van der Waals surface area contributed by atoms with Crippen molar-refractivity contribution in [3.8, 4) is 0 Å². The fraction of sp³-hybridized carbons (Fsp3) is 0.778. The molecule has 0 heterocycles. The fourth-order valence-electron chi connectivity index (χ4n) is 2.14. The van der Waals surface area contributed by atoms with Crippen LogP contribution in [0.3, 0.4) is 0 Å². The first-order chi connectivity index (χ1) is 9.41. The highest BCUT2D eigenvalue weighted by molar-refractivity contribution is 4.81. The molecule has 1 N–H and O–H groups in total. The Bertz CT molecular complexity index is 206. The summed E-state index contributed by atoms with van der Waals surface area (Å²) in [6, 6.07) is 0. The number of rotatable bonds is 14. The van der Waals surface area contributed by atoms with Crippen molar-refractivity contribution in [2.75, 3.05) is 6.61 Å². The van der Waals surface area contributed by atoms with E-state index in [9.17, 15) is 0 Å². The summed E-state index contributed by atoms with van der Waals surface area (Å²) in [6.07, 6.45) is 24.4. The first-order valence-corrected chi connectivity index (χ1v) is 8.32. The molecular formula is C18H34O. The highest BCUT2D eigenvalue weighted by Gasteiger charge is 1.90. The van der Waals surface area contributed by atoms with Crippen molar-refractivity contribution in [1.82, 2.24) is 0 Å². The summed E-state index contributed by atoms with van der Waals surface area (Å²) in [5, 5.41) is 8.63. The third kappa shape index (κ3) is 17.4. The van der Waals surface area contributed by atoms with Crippen LogP contribution in [0.2, 0.25) is 0 Å². The maximum Gasteiger partial charge on any atom is 0.0433 e. The lowest BCUT2D eigenvalue weighted by atomic mass is 10.1. The summed E-state index contributed by atoms with van der Waals surface area (Å²) in [4.78, 5) is 0. The van der Waals surface area contributed by atoms with E-state index < -0.39 is 0 Å². The summed E-state index contributed by atoms with van der Waals surface area (Å²) in [5.74, 6) is 0. The zero-order chi connectivity index (χ0) is 14.0. The van der Waals surface area contributed by atoms with E-state index in [1.807, 2.05) is 0 Å². The van der Waals surface area contributed by atoms with Gasteiger partial charge in [0.15, 0.2) is 0 Å². The lowest BCUT2D eigenvalue weighted by molar-refractivity contribution is 0.289. The molecule has 1 nitrogen and oxygen atoms in total. The topological polar surface area (TPSA) is 20.2 Å². The summed E-state index contributed by atoms with van der Waals surface area (Å²) < 4.78 is 0. The Morgan fingerprint density at radius 1 is 0.579 bits per heavy atom. The Hall–Kier alpha value is -0.560. The lowest BCUT2D eigenvalue weighted by Gasteiger charge is -2.00. The molecule has 0 rings (SSSR count). The van der Waals surface area contributed by atoms with Crippen LogP contribution in [0, 0.1) is 0 Å². The normalized spacial score (nSPS) is 11.9. The zero-order valence-electron chi connectivity index (χ0n) is 12.9. The van der Waals surface area contributed by atoms with Crippen molar-refractivity contribution in [2.24, 2.45) is 0 Å². The van der Waals surface area contributed by atoms with E-state index in [1.54, 1.807) is 0 Å². The Labute approximate surface area is 120 Å². The minimum absolute atomic E-state index is 0.318. The largest absolute Gasteiger partial charge is 0.396 e. The van der Waals surface area contributed by atoms with Crippen molar-refractivity contribution in [2.45, 2.75) is 84.0 Å². The average Bonchev–Trinajstić information content (AvgIpc) is 2.43. The number of allylic oxidation sites excluding steroid dienone is 4. The molecule has 1 heteroatoms.